The summed E-state index contributed by atoms with van der Waals surface area (Å²) in [6, 6.07) is 6.78. The number of nitro groups is 1. The normalized spacial score (nSPS) is 20.0. The first-order chi connectivity index (χ1) is 14.1. The molecule has 1 aromatic carbocycles. The molecule has 2 aliphatic rings. The molecule has 2 fully saturated rings. The van der Waals surface area contributed by atoms with Crippen molar-refractivity contribution in [2.24, 2.45) is 10.9 Å². The maximum Gasteiger partial charge on any atom is 0.292 e. The van der Waals surface area contributed by atoms with Crippen LogP contribution >= 0.6 is 0 Å². The molecule has 1 saturated carbocycles. The van der Waals surface area contributed by atoms with E-state index in [1.54, 1.807) is 25.2 Å². The van der Waals surface area contributed by atoms with Crippen molar-refractivity contribution in [1.82, 2.24) is 15.5 Å². The Morgan fingerprint density at radius 2 is 2.00 bits per heavy atom. The summed E-state index contributed by atoms with van der Waals surface area (Å²) in [4.78, 5) is 29.5. The molecule has 1 unspecified atom stereocenters. The minimum absolute atomic E-state index is 0.0629. The first kappa shape index (κ1) is 20.9. The third kappa shape index (κ3) is 5.58. The van der Waals surface area contributed by atoms with Crippen LogP contribution in [0.3, 0.4) is 0 Å². The van der Waals surface area contributed by atoms with Crippen molar-refractivity contribution in [2.45, 2.75) is 38.1 Å². The minimum Gasteiger partial charge on any atom is -0.378 e. The average molecular weight is 402 g/mol. The predicted octanol–water partition coefficient (Wildman–Crippen LogP) is 1.96. The van der Waals surface area contributed by atoms with Gasteiger partial charge in [0.25, 0.3) is 5.69 Å². The number of guanidine groups is 1. The zero-order valence-electron chi connectivity index (χ0n) is 16.9. The molecule has 1 aromatic rings. The SMILES string of the molecule is CN=C(NCCNc1ccccc1[N+](=O)[O-])NC1CCN(C(=O)C2CCCC2)C1. The lowest BCUT2D eigenvalue weighted by Crippen LogP contribution is -2.46. The topological polar surface area (TPSA) is 112 Å². The van der Waals surface area contributed by atoms with Crippen LogP contribution in [0, 0.1) is 16.0 Å². The van der Waals surface area contributed by atoms with E-state index >= 15 is 0 Å². The largest absolute Gasteiger partial charge is 0.378 e. The third-order valence-corrected chi connectivity index (χ3v) is 5.60. The Morgan fingerprint density at radius 1 is 1.24 bits per heavy atom. The van der Waals surface area contributed by atoms with E-state index in [1.807, 2.05) is 4.90 Å². The van der Waals surface area contributed by atoms with Gasteiger partial charge in [0.15, 0.2) is 5.96 Å². The molecule has 0 radical (unpaired) electrons. The van der Waals surface area contributed by atoms with Gasteiger partial charge in [-0.15, -0.1) is 0 Å². The first-order valence-electron chi connectivity index (χ1n) is 10.3. The lowest BCUT2D eigenvalue weighted by atomic mass is 10.1. The van der Waals surface area contributed by atoms with Crippen LogP contribution in [0.5, 0.6) is 0 Å². The molecule has 0 spiro atoms. The highest BCUT2D eigenvalue weighted by Gasteiger charge is 2.32. The summed E-state index contributed by atoms with van der Waals surface area (Å²) >= 11 is 0. The highest BCUT2D eigenvalue weighted by atomic mass is 16.6. The molecule has 1 aliphatic carbocycles. The van der Waals surface area contributed by atoms with Gasteiger partial charge in [0, 0.05) is 51.3 Å². The summed E-state index contributed by atoms with van der Waals surface area (Å²) in [5.74, 6) is 1.21. The fourth-order valence-corrected chi connectivity index (χ4v) is 4.06. The summed E-state index contributed by atoms with van der Waals surface area (Å²) in [6.45, 7) is 2.58. The van der Waals surface area contributed by atoms with Crippen molar-refractivity contribution in [1.29, 1.82) is 0 Å². The molecule has 158 valence electrons. The Bertz CT molecular complexity index is 747. The summed E-state index contributed by atoms with van der Waals surface area (Å²) in [7, 11) is 1.71. The van der Waals surface area contributed by atoms with Crippen LogP contribution in [0.1, 0.15) is 32.1 Å². The number of nitrogens with one attached hydrogen (secondary N) is 3. The van der Waals surface area contributed by atoms with Crippen LogP contribution in [0.15, 0.2) is 29.3 Å². The number of para-hydroxylation sites is 2. The molecular weight excluding hydrogens is 372 g/mol. The zero-order valence-corrected chi connectivity index (χ0v) is 16.9. The van der Waals surface area contributed by atoms with Crippen LogP contribution < -0.4 is 16.0 Å². The van der Waals surface area contributed by atoms with Crippen molar-refractivity contribution in [3.8, 4) is 0 Å². The zero-order chi connectivity index (χ0) is 20.6. The van der Waals surface area contributed by atoms with Crippen molar-refractivity contribution < 1.29 is 9.72 Å². The number of carbonyl (C=O) groups excluding carboxylic acids is 1. The van der Waals surface area contributed by atoms with Crippen LogP contribution in [-0.2, 0) is 4.79 Å². The Hall–Kier alpha value is -2.84. The number of hydrogen-bond donors (Lipinski definition) is 3. The number of aliphatic imine (C=N–C) groups is 1. The molecule has 0 aromatic heterocycles. The molecule has 1 saturated heterocycles. The molecule has 1 atom stereocenters. The number of rotatable bonds is 7. The van der Waals surface area contributed by atoms with Gasteiger partial charge in [0.05, 0.1) is 4.92 Å². The van der Waals surface area contributed by atoms with E-state index in [0.29, 0.717) is 37.2 Å². The second-order valence-corrected chi connectivity index (χ2v) is 7.60. The van der Waals surface area contributed by atoms with E-state index in [2.05, 4.69) is 20.9 Å². The van der Waals surface area contributed by atoms with E-state index in [4.69, 9.17) is 0 Å². The average Bonchev–Trinajstić information content (AvgIpc) is 3.42. The fraction of sp³-hybridized carbons (Fsp3) is 0.600. The third-order valence-electron chi connectivity index (χ3n) is 5.60. The molecule has 9 heteroatoms. The number of nitro benzene ring substituents is 1. The van der Waals surface area contributed by atoms with Crippen molar-refractivity contribution in [3.05, 3.63) is 34.4 Å². The van der Waals surface area contributed by atoms with Gasteiger partial charge in [-0.1, -0.05) is 25.0 Å². The Kier molecular flexibility index (Phi) is 7.26. The van der Waals surface area contributed by atoms with Crippen LogP contribution in [0.4, 0.5) is 11.4 Å². The first-order valence-corrected chi connectivity index (χ1v) is 10.3. The quantitative estimate of drug-likeness (QED) is 0.211. The van der Waals surface area contributed by atoms with Crippen LogP contribution in [-0.4, -0.2) is 61.0 Å². The fourth-order valence-electron chi connectivity index (χ4n) is 4.06. The Labute approximate surface area is 171 Å². The number of hydrogen-bond acceptors (Lipinski definition) is 5. The number of anilines is 1. The summed E-state index contributed by atoms with van der Waals surface area (Å²) < 4.78 is 0. The maximum atomic E-state index is 12.6. The van der Waals surface area contributed by atoms with E-state index in [0.717, 1.165) is 25.8 Å². The van der Waals surface area contributed by atoms with Crippen molar-refractivity contribution in [2.75, 3.05) is 38.5 Å². The second kappa shape index (κ2) is 10.1. The molecule has 9 nitrogen and oxygen atoms in total. The van der Waals surface area contributed by atoms with E-state index in [-0.39, 0.29) is 17.6 Å². The maximum absolute atomic E-state index is 12.6. The Morgan fingerprint density at radius 3 is 2.72 bits per heavy atom. The highest BCUT2D eigenvalue weighted by molar-refractivity contribution is 5.81. The van der Waals surface area contributed by atoms with Gasteiger partial charge < -0.3 is 20.9 Å². The number of amides is 1. The number of nitrogens with zero attached hydrogens (tertiary/aromatic N) is 3. The monoisotopic (exact) mass is 402 g/mol. The lowest BCUT2D eigenvalue weighted by Gasteiger charge is -2.21. The number of carbonyl (C=O) groups is 1. The van der Waals surface area contributed by atoms with Gasteiger partial charge in [0.2, 0.25) is 5.91 Å². The van der Waals surface area contributed by atoms with Gasteiger partial charge in [-0.3, -0.25) is 19.9 Å². The molecule has 1 heterocycles. The molecule has 1 aliphatic heterocycles. The van der Waals surface area contributed by atoms with Gasteiger partial charge in [0.1, 0.15) is 5.69 Å². The smallest absolute Gasteiger partial charge is 0.292 e. The molecule has 29 heavy (non-hydrogen) atoms. The summed E-state index contributed by atoms with van der Waals surface area (Å²) in [6.07, 6.45) is 5.31. The van der Waals surface area contributed by atoms with Gasteiger partial charge >= 0.3 is 0 Å². The van der Waals surface area contributed by atoms with E-state index in [9.17, 15) is 14.9 Å². The van der Waals surface area contributed by atoms with Crippen molar-refractivity contribution >= 4 is 23.2 Å². The van der Waals surface area contributed by atoms with E-state index in [1.165, 1.54) is 18.9 Å². The molecule has 0 bridgehead atoms. The molecule has 3 N–H and O–H groups in total. The van der Waals surface area contributed by atoms with Gasteiger partial charge in [-0.25, -0.2) is 0 Å². The number of benzene rings is 1. The Balaban J connectivity index is 1.40. The molecule has 1 amide bonds. The van der Waals surface area contributed by atoms with E-state index < -0.39 is 4.92 Å². The van der Waals surface area contributed by atoms with Gasteiger partial charge in [-0.2, -0.15) is 0 Å². The van der Waals surface area contributed by atoms with Crippen LogP contribution in [0.2, 0.25) is 0 Å². The summed E-state index contributed by atoms with van der Waals surface area (Å²) in [5.41, 5.74) is 0.562. The molecular formula is C20H30N6O3. The number of likely N-dealkylation sites (tertiary alicyclic amines) is 1. The lowest BCUT2D eigenvalue weighted by molar-refractivity contribution is -0.384. The standard InChI is InChI=1S/C20H30N6O3/c1-21-20(23-12-11-22-17-8-4-5-9-18(17)26(28)29)24-16-10-13-25(14-16)19(27)15-6-2-3-7-15/h4-5,8-9,15-16,22H,2-3,6-7,10-14H2,1H3,(H2,21,23,24). The van der Waals surface area contributed by atoms with Crippen molar-refractivity contribution in [3.63, 3.8) is 0 Å². The summed E-state index contributed by atoms with van der Waals surface area (Å²) in [5, 5.41) is 20.7. The molecule has 3 rings (SSSR count). The van der Waals surface area contributed by atoms with Gasteiger partial charge in [-0.05, 0) is 25.3 Å². The minimum atomic E-state index is -0.394. The highest BCUT2D eigenvalue weighted by Crippen LogP contribution is 2.28. The second-order valence-electron chi connectivity index (χ2n) is 7.60. The predicted molar refractivity (Wildman–Crippen MR) is 113 cm³/mol. The van der Waals surface area contributed by atoms with Crippen LogP contribution in [0.25, 0.3) is 0 Å².